The first-order valence-electron chi connectivity index (χ1n) is 6.92. The summed E-state index contributed by atoms with van der Waals surface area (Å²) in [4.78, 5) is 12.9. The second-order valence-electron chi connectivity index (χ2n) is 4.77. The van der Waals surface area contributed by atoms with Gasteiger partial charge in [0.2, 0.25) is 0 Å². The van der Waals surface area contributed by atoms with Gasteiger partial charge in [0.25, 0.3) is 0 Å². The van der Waals surface area contributed by atoms with Gasteiger partial charge in [-0.1, -0.05) is 6.92 Å². The van der Waals surface area contributed by atoms with Crippen LogP contribution in [-0.2, 0) is 6.54 Å². The highest BCUT2D eigenvalue weighted by molar-refractivity contribution is 5.48. The number of anilines is 2. The highest BCUT2D eigenvalue weighted by Crippen LogP contribution is 2.13. The molecule has 0 aliphatic rings. The summed E-state index contributed by atoms with van der Waals surface area (Å²) in [6.07, 6.45) is 4.76. The molecular formula is C15H21N5. The van der Waals surface area contributed by atoms with Crippen LogP contribution in [0.15, 0.2) is 24.5 Å². The van der Waals surface area contributed by atoms with Crippen LogP contribution in [-0.4, -0.2) is 21.5 Å². The summed E-state index contributed by atoms with van der Waals surface area (Å²) in [6.45, 7) is 7.74. The molecule has 0 saturated heterocycles. The molecule has 2 aromatic rings. The number of hydrogen-bond acceptors (Lipinski definition) is 5. The Morgan fingerprint density at radius 3 is 2.55 bits per heavy atom. The first-order valence-corrected chi connectivity index (χ1v) is 6.92. The van der Waals surface area contributed by atoms with E-state index in [-0.39, 0.29) is 0 Å². The molecule has 2 N–H and O–H groups in total. The molecule has 106 valence electrons. The number of nitrogens with zero attached hydrogens (tertiary/aromatic N) is 3. The first-order chi connectivity index (χ1) is 9.69. The minimum Gasteiger partial charge on any atom is -0.370 e. The highest BCUT2D eigenvalue weighted by atomic mass is 15.1. The molecule has 0 saturated carbocycles. The third kappa shape index (κ3) is 3.91. The van der Waals surface area contributed by atoms with Gasteiger partial charge in [-0.3, -0.25) is 4.98 Å². The van der Waals surface area contributed by atoms with E-state index in [0.717, 1.165) is 30.4 Å². The van der Waals surface area contributed by atoms with Crippen LogP contribution in [0.5, 0.6) is 0 Å². The van der Waals surface area contributed by atoms with Crippen LogP contribution in [0.4, 0.5) is 11.6 Å². The largest absolute Gasteiger partial charge is 0.370 e. The van der Waals surface area contributed by atoms with Crippen LogP contribution < -0.4 is 10.6 Å². The molecule has 2 aromatic heterocycles. The Morgan fingerprint density at radius 1 is 1.10 bits per heavy atom. The number of nitrogens with one attached hydrogen (secondary N) is 2. The number of aromatic nitrogens is 3. The molecule has 0 aromatic carbocycles. The number of hydrogen-bond donors (Lipinski definition) is 2. The van der Waals surface area contributed by atoms with Gasteiger partial charge in [-0.25, -0.2) is 9.97 Å². The summed E-state index contributed by atoms with van der Waals surface area (Å²) in [5, 5.41) is 6.61. The van der Waals surface area contributed by atoms with Crippen LogP contribution >= 0.6 is 0 Å². The summed E-state index contributed by atoms with van der Waals surface area (Å²) < 4.78 is 0. The van der Waals surface area contributed by atoms with E-state index in [0.29, 0.717) is 6.54 Å². The zero-order chi connectivity index (χ0) is 14.4. The molecule has 0 fully saturated rings. The van der Waals surface area contributed by atoms with E-state index in [1.807, 2.05) is 25.3 Å². The lowest BCUT2D eigenvalue weighted by molar-refractivity contribution is 0.950. The molecule has 20 heavy (non-hydrogen) atoms. The molecule has 0 bridgehead atoms. The quantitative estimate of drug-likeness (QED) is 0.845. The Kier molecular flexibility index (Phi) is 4.87. The minimum atomic E-state index is 0.712. The van der Waals surface area contributed by atoms with Gasteiger partial charge in [0.1, 0.15) is 17.5 Å². The van der Waals surface area contributed by atoms with E-state index in [1.54, 1.807) is 6.20 Å². The predicted molar refractivity (Wildman–Crippen MR) is 81.9 cm³/mol. The molecule has 2 heterocycles. The number of rotatable bonds is 6. The maximum atomic E-state index is 4.40. The fourth-order valence-electron chi connectivity index (χ4n) is 1.87. The lowest BCUT2D eigenvalue weighted by Gasteiger charge is -2.10. The van der Waals surface area contributed by atoms with E-state index in [2.05, 4.69) is 39.4 Å². The van der Waals surface area contributed by atoms with Crippen molar-refractivity contribution in [3.8, 4) is 0 Å². The van der Waals surface area contributed by atoms with Crippen molar-refractivity contribution in [2.45, 2.75) is 33.7 Å². The van der Waals surface area contributed by atoms with E-state index >= 15 is 0 Å². The molecule has 5 heteroatoms. The second kappa shape index (κ2) is 6.84. The first kappa shape index (κ1) is 14.2. The van der Waals surface area contributed by atoms with Crippen LogP contribution in [0.1, 0.15) is 30.3 Å². The summed E-state index contributed by atoms with van der Waals surface area (Å²) in [5.74, 6) is 2.46. The standard InChI is InChI=1S/C15H21N5/c1-4-6-17-14-8-15(20-12(3)19-14)18-10-13-9-16-7-5-11(13)2/h5,7-9H,4,6,10H2,1-3H3,(H2,17,18,19,20). The van der Waals surface area contributed by atoms with E-state index < -0.39 is 0 Å². The SMILES string of the molecule is CCCNc1cc(NCc2cnccc2C)nc(C)n1. The van der Waals surface area contributed by atoms with Gasteiger partial charge in [-0.2, -0.15) is 0 Å². The highest BCUT2D eigenvalue weighted by Gasteiger charge is 2.03. The maximum Gasteiger partial charge on any atom is 0.132 e. The van der Waals surface area contributed by atoms with Gasteiger partial charge >= 0.3 is 0 Å². The predicted octanol–water partition coefficient (Wildman–Crippen LogP) is 2.92. The third-order valence-electron chi connectivity index (χ3n) is 3.00. The zero-order valence-corrected chi connectivity index (χ0v) is 12.3. The van der Waals surface area contributed by atoms with Crippen molar-refractivity contribution < 1.29 is 0 Å². The second-order valence-corrected chi connectivity index (χ2v) is 4.77. The lowest BCUT2D eigenvalue weighted by atomic mass is 10.1. The zero-order valence-electron chi connectivity index (χ0n) is 12.3. The maximum absolute atomic E-state index is 4.40. The van der Waals surface area contributed by atoms with Gasteiger partial charge < -0.3 is 10.6 Å². The van der Waals surface area contributed by atoms with Gasteiger partial charge in [0.05, 0.1) is 0 Å². The molecule has 0 aliphatic carbocycles. The van der Waals surface area contributed by atoms with Crippen LogP contribution in [0.2, 0.25) is 0 Å². The molecule has 2 rings (SSSR count). The van der Waals surface area contributed by atoms with Crippen molar-refractivity contribution in [3.05, 3.63) is 41.5 Å². The van der Waals surface area contributed by atoms with Gasteiger partial charge in [0.15, 0.2) is 0 Å². The van der Waals surface area contributed by atoms with Gasteiger partial charge in [0, 0.05) is 31.5 Å². The monoisotopic (exact) mass is 271 g/mol. The molecule has 0 unspecified atom stereocenters. The number of aryl methyl sites for hydroxylation is 2. The Morgan fingerprint density at radius 2 is 1.85 bits per heavy atom. The molecular weight excluding hydrogens is 250 g/mol. The van der Waals surface area contributed by atoms with Crippen molar-refractivity contribution in [3.63, 3.8) is 0 Å². The molecule has 0 aliphatic heterocycles. The average molecular weight is 271 g/mol. The number of pyridine rings is 1. The summed E-state index contributed by atoms with van der Waals surface area (Å²) in [5.41, 5.74) is 2.40. The van der Waals surface area contributed by atoms with E-state index in [1.165, 1.54) is 11.1 Å². The van der Waals surface area contributed by atoms with Crippen LogP contribution in [0, 0.1) is 13.8 Å². The van der Waals surface area contributed by atoms with Crippen molar-refractivity contribution in [1.29, 1.82) is 0 Å². The fraction of sp³-hybridized carbons (Fsp3) is 0.400. The van der Waals surface area contributed by atoms with Gasteiger partial charge in [-0.05, 0) is 37.5 Å². The van der Waals surface area contributed by atoms with Crippen molar-refractivity contribution >= 4 is 11.6 Å². The Labute approximate surface area is 119 Å². The molecule has 0 radical (unpaired) electrons. The molecule has 0 atom stereocenters. The van der Waals surface area contributed by atoms with E-state index in [4.69, 9.17) is 0 Å². The summed E-state index contributed by atoms with van der Waals surface area (Å²) in [7, 11) is 0. The normalized spacial score (nSPS) is 10.3. The van der Waals surface area contributed by atoms with E-state index in [9.17, 15) is 0 Å². The Balaban J connectivity index is 2.05. The molecule has 0 amide bonds. The summed E-state index contributed by atoms with van der Waals surface area (Å²) >= 11 is 0. The third-order valence-corrected chi connectivity index (χ3v) is 3.00. The lowest BCUT2D eigenvalue weighted by Crippen LogP contribution is -2.08. The Hall–Kier alpha value is -2.17. The van der Waals surface area contributed by atoms with Crippen molar-refractivity contribution in [1.82, 2.24) is 15.0 Å². The fourth-order valence-corrected chi connectivity index (χ4v) is 1.87. The molecule has 5 nitrogen and oxygen atoms in total. The topological polar surface area (TPSA) is 62.7 Å². The van der Waals surface area contributed by atoms with Gasteiger partial charge in [-0.15, -0.1) is 0 Å². The Bertz CT molecular complexity index is 568. The van der Waals surface area contributed by atoms with Crippen molar-refractivity contribution in [2.24, 2.45) is 0 Å². The van der Waals surface area contributed by atoms with Crippen LogP contribution in [0.3, 0.4) is 0 Å². The smallest absolute Gasteiger partial charge is 0.132 e. The van der Waals surface area contributed by atoms with Crippen molar-refractivity contribution in [2.75, 3.05) is 17.2 Å². The average Bonchev–Trinajstić information content (AvgIpc) is 2.44. The van der Waals surface area contributed by atoms with Crippen LogP contribution in [0.25, 0.3) is 0 Å². The molecule has 0 spiro atoms. The minimum absolute atomic E-state index is 0.712. The summed E-state index contributed by atoms with van der Waals surface area (Å²) in [6, 6.07) is 3.95.